The summed E-state index contributed by atoms with van der Waals surface area (Å²) in [5.74, 6) is -0.300. The number of rotatable bonds is 3. The lowest BCUT2D eigenvalue weighted by atomic mass is 10.0. The third-order valence-electron chi connectivity index (χ3n) is 3.25. The fourth-order valence-electron chi connectivity index (χ4n) is 2.27. The molecule has 1 aliphatic rings. The van der Waals surface area contributed by atoms with Gasteiger partial charge in [-0.25, -0.2) is 8.78 Å². The fraction of sp³-hybridized carbons (Fsp3) is 0.538. The van der Waals surface area contributed by atoms with Gasteiger partial charge in [0.05, 0.1) is 6.04 Å². The van der Waals surface area contributed by atoms with E-state index in [0.717, 1.165) is 31.7 Å². The van der Waals surface area contributed by atoms with Crippen molar-refractivity contribution in [2.45, 2.75) is 13.0 Å². The van der Waals surface area contributed by atoms with Crippen molar-refractivity contribution in [3.63, 3.8) is 0 Å². The Bertz CT molecular complexity index is 381. The van der Waals surface area contributed by atoms with E-state index in [1.807, 2.05) is 17.9 Å². The van der Waals surface area contributed by atoms with Crippen LogP contribution in [0.3, 0.4) is 0 Å². The largest absolute Gasteiger partial charge is 0.314 e. The van der Waals surface area contributed by atoms with Crippen LogP contribution in [0, 0.1) is 12.7 Å². The minimum Gasteiger partial charge on any atom is -0.314 e. The van der Waals surface area contributed by atoms with E-state index in [4.69, 9.17) is 0 Å². The second kappa shape index (κ2) is 7.02. The molecule has 0 aliphatic carbocycles. The molecular formula is C13H19ClF2N2. The molecule has 0 radical (unpaired) electrons. The molecule has 0 spiro atoms. The number of hydrogen-bond acceptors (Lipinski definition) is 2. The van der Waals surface area contributed by atoms with Gasteiger partial charge in [0.25, 0.3) is 0 Å². The zero-order chi connectivity index (χ0) is 12.3. The summed E-state index contributed by atoms with van der Waals surface area (Å²) in [6, 6.07) is 4.57. The van der Waals surface area contributed by atoms with E-state index in [1.54, 1.807) is 6.07 Å². The van der Waals surface area contributed by atoms with Crippen molar-refractivity contribution in [3.8, 4) is 0 Å². The molecule has 2 nitrogen and oxygen atoms in total. The van der Waals surface area contributed by atoms with Crippen LogP contribution >= 0.6 is 12.4 Å². The van der Waals surface area contributed by atoms with Gasteiger partial charge in [-0.15, -0.1) is 12.4 Å². The van der Waals surface area contributed by atoms with Crippen LogP contribution in [-0.2, 0) is 0 Å². The summed E-state index contributed by atoms with van der Waals surface area (Å²) in [4.78, 5) is 2.00. The van der Waals surface area contributed by atoms with Gasteiger partial charge in [-0.3, -0.25) is 4.90 Å². The Morgan fingerprint density at radius 1 is 1.33 bits per heavy atom. The Morgan fingerprint density at radius 2 is 2.00 bits per heavy atom. The van der Waals surface area contributed by atoms with Gasteiger partial charge in [0.15, 0.2) is 0 Å². The van der Waals surface area contributed by atoms with E-state index in [-0.39, 0.29) is 18.2 Å². The summed E-state index contributed by atoms with van der Waals surface area (Å²) >= 11 is 0. The maximum Gasteiger partial charge on any atom is 0.128 e. The first kappa shape index (κ1) is 15.3. The van der Waals surface area contributed by atoms with Crippen LogP contribution in [0.2, 0.25) is 0 Å². The van der Waals surface area contributed by atoms with Crippen LogP contribution in [0.4, 0.5) is 8.78 Å². The number of nitrogens with zero attached hydrogens (tertiary/aromatic N) is 1. The zero-order valence-corrected chi connectivity index (χ0v) is 11.3. The second-order valence-electron chi connectivity index (χ2n) is 4.48. The Labute approximate surface area is 113 Å². The van der Waals surface area contributed by atoms with Gasteiger partial charge in [0.1, 0.15) is 12.5 Å². The third kappa shape index (κ3) is 3.40. The molecule has 1 N–H and O–H groups in total. The summed E-state index contributed by atoms with van der Waals surface area (Å²) in [5.41, 5.74) is 1.34. The van der Waals surface area contributed by atoms with Crippen molar-refractivity contribution in [1.82, 2.24) is 10.2 Å². The summed E-state index contributed by atoms with van der Waals surface area (Å²) in [5, 5.41) is 3.21. The SMILES string of the molecule is Cc1ccc([C@H](CF)N2CCNCC2)c(F)c1.Cl. The van der Waals surface area contributed by atoms with E-state index in [1.165, 1.54) is 6.07 Å². The lowest BCUT2D eigenvalue weighted by Crippen LogP contribution is -2.45. The van der Waals surface area contributed by atoms with Crippen LogP contribution in [-0.4, -0.2) is 37.8 Å². The van der Waals surface area contributed by atoms with Gasteiger partial charge in [0.2, 0.25) is 0 Å². The van der Waals surface area contributed by atoms with Crippen LogP contribution in [0.1, 0.15) is 17.2 Å². The third-order valence-corrected chi connectivity index (χ3v) is 3.25. The molecule has 2 rings (SSSR count). The molecular weight excluding hydrogens is 258 g/mol. The number of nitrogens with one attached hydrogen (secondary N) is 1. The highest BCUT2D eigenvalue weighted by Gasteiger charge is 2.24. The lowest BCUT2D eigenvalue weighted by molar-refractivity contribution is 0.144. The predicted octanol–water partition coefficient (Wildman–Crippen LogP) is 2.47. The molecule has 0 aromatic heterocycles. The van der Waals surface area contributed by atoms with Gasteiger partial charge in [0, 0.05) is 31.7 Å². The van der Waals surface area contributed by atoms with Crippen molar-refractivity contribution in [2.75, 3.05) is 32.9 Å². The molecule has 1 aromatic rings. The van der Waals surface area contributed by atoms with Gasteiger partial charge in [-0.05, 0) is 18.6 Å². The average Bonchev–Trinajstić information content (AvgIpc) is 2.34. The van der Waals surface area contributed by atoms with Crippen molar-refractivity contribution in [1.29, 1.82) is 0 Å². The highest BCUT2D eigenvalue weighted by atomic mass is 35.5. The summed E-state index contributed by atoms with van der Waals surface area (Å²) in [6.45, 7) is 4.50. The second-order valence-corrected chi connectivity index (χ2v) is 4.48. The maximum absolute atomic E-state index is 13.8. The number of hydrogen-bond donors (Lipinski definition) is 1. The molecule has 0 unspecified atom stereocenters. The maximum atomic E-state index is 13.8. The molecule has 1 atom stereocenters. The predicted molar refractivity (Wildman–Crippen MR) is 71.5 cm³/mol. The topological polar surface area (TPSA) is 15.3 Å². The van der Waals surface area contributed by atoms with Crippen LogP contribution < -0.4 is 5.32 Å². The van der Waals surface area contributed by atoms with Crippen molar-refractivity contribution in [3.05, 3.63) is 35.1 Å². The van der Waals surface area contributed by atoms with E-state index < -0.39 is 12.7 Å². The van der Waals surface area contributed by atoms with Gasteiger partial charge in [-0.1, -0.05) is 12.1 Å². The summed E-state index contributed by atoms with van der Waals surface area (Å²) < 4.78 is 27.0. The summed E-state index contributed by atoms with van der Waals surface area (Å²) in [7, 11) is 0. The Balaban J connectivity index is 0.00000162. The number of aryl methyl sites for hydroxylation is 1. The molecule has 1 aliphatic heterocycles. The first-order chi connectivity index (χ1) is 8.22. The molecule has 1 heterocycles. The molecule has 1 fully saturated rings. The Kier molecular flexibility index (Phi) is 5.99. The number of piperazine rings is 1. The standard InChI is InChI=1S/C13H18F2N2.ClH/c1-10-2-3-11(12(15)8-10)13(9-14)17-6-4-16-5-7-17;/h2-3,8,13,16H,4-7,9H2,1H3;1H/t13-;/m0./s1. The van der Waals surface area contributed by atoms with Gasteiger partial charge < -0.3 is 5.32 Å². The van der Waals surface area contributed by atoms with Gasteiger partial charge >= 0.3 is 0 Å². The monoisotopic (exact) mass is 276 g/mol. The van der Waals surface area contributed by atoms with Crippen molar-refractivity contribution >= 4 is 12.4 Å². The van der Waals surface area contributed by atoms with E-state index in [0.29, 0.717) is 5.56 Å². The van der Waals surface area contributed by atoms with Crippen LogP contribution in [0.5, 0.6) is 0 Å². The summed E-state index contributed by atoms with van der Waals surface area (Å²) in [6.07, 6.45) is 0. The molecule has 0 bridgehead atoms. The van der Waals surface area contributed by atoms with Gasteiger partial charge in [-0.2, -0.15) is 0 Å². The first-order valence-electron chi connectivity index (χ1n) is 5.99. The molecule has 0 amide bonds. The van der Waals surface area contributed by atoms with Crippen molar-refractivity contribution in [2.24, 2.45) is 0 Å². The minimum atomic E-state index is -0.542. The Hall–Kier alpha value is -0.710. The number of alkyl halides is 1. The number of benzene rings is 1. The van der Waals surface area contributed by atoms with E-state index in [9.17, 15) is 8.78 Å². The lowest BCUT2D eigenvalue weighted by Gasteiger charge is -2.33. The smallest absolute Gasteiger partial charge is 0.128 e. The molecule has 102 valence electrons. The average molecular weight is 277 g/mol. The molecule has 0 saturated carbocycles. The van der Waals surface area contributed by atoms with Crippen LogP contribution in [0.25, 0.3) is 0 Å². The van der Waals surface area contributed by atoms with E-state index >= 15 is 0 Å². The van der Waals surface area contributed by atoms with E-state index in [2.05, 4.69) is 5.32 Å². The highest BCUT2D eigenvalue weighted by molar-refractivity contribution is 5.85. The Morgan fingerprint density at radius 3 is 2.56 bits per heavy atom. The first-order valence-corrected chi connectivity index (χ1v) is 5.99. The molecule has 1 aromatic carbocycles. The highest BCUT2D eigenvalue weighted by Crippen LogP contribution is 2.25. The number of halogens is 3. The normalized spacial score (nSPS) is 18.2. The quantitative estimate of drug-likeness (QED) is 0.912. The van der Waals surface area contributed by atoms with Crippen LogP contribution in [0.15, 0.2) is 18.2 Å². The molecule has 1 saturated heterocycles. The van der Waals surface area contributed by atoms with Crippen molar-refractivity contribution < 1.29 is 8.78 Å². The zero-order valence-electron chi connectivity index (χ0n) is 10.5. The minimum absolute atomic E-state index is 0. The fourth-order valence-corrected chi connectivity index (χ4v) is 2.27. The molecule has 18 heavy (non-hydrogen) atoms. The molecule has 5 heteroatoms.